The zero-order chi connectivity index (χ0) is 13.1. The summed E-state index contributed by atoms with van der Waals surface area (Å²) in [5.74, 6) is 1.07. The summed E-state index contributed by atoms with van der Waals surface area (Å²) >= 11 is 9.50. The van der Waals surface area contributed by atoms with E-state index in [4.69, 9.17) is 21.9 Å². The van der Waals surface area contributed by atoms with E-state index in [1.165, 1.54) is 0 Å². The van der Waals surface area contributed by atoms with Gasteiger partial charge in [0.05, 0.1) is 6.04 Å². The number of hydrogen-bond donors (Lipinski definition) is 1. The molecule has 96 valence electrons. The highest BCUT2D eigenvalue weighted by Crippen LogP contribution is 2.27. The van der Waals surface area contributed by atoms with Crippen LogP contribution in [-0.4, -0.2) is 10.1 Å². The molecule has 0 fully saturated rings. The molecule has 1 atom stereocenters. The molecule has 18 heavy (non-hydrogen) atoms. The fourth-order valence-corrected chi connectivity index (χ4v) is 2.39. The molecule has 0 spiro atoms. The van der Waals surface area contributed by atoms with Gasteiger partial charge in [0.2, 0.25) is 5.89 Å². The number of nitrogens with zero attached hydrogens (tertiary/aromatic N) is 2. The normalized spacial score (nSPS) is 12.7. The molecule has 4 nitrogen and oxygen atoms in total. The van der Waals surface area contributed by atoms with Gasteiger partial charge in [-0.3, -0.25) is 0 Å². The van der Waals surface area contributed by atoms with Gasteiger partial charge in [-0.05, 0) is 24.1 Å². The first-order valence-corrected chi connectivity index (χ1v) is 6.82. The average Bonchev–Trinajstić information content (AvgIpc) is 2.77. The maximum Gasteiger partial charge on any atom is 0.226 e. The molecule has 0 aliphatic rings. The molecule has 0 aliphatic heterocycles. The Labute approximate surface area is 119 Å². The second-order valence-corrected chi connectivity index (χ2v) is 5.26. The summed E-state index contributed by atoms with van der Waals surface area (Å²) in [6.45, 7) is 2.05. The summed E-state index contributed by atoms with van der Waals surface area (Å²) in [4.78, 5) is 4.27. The van der Waals surface area contributed by atoms with Crippen molar-refractivity contribution in [1.29, 1.82) is 0 Å². The molecule has 0 amide bonds. The highest BCUT2D eigenvalue weighted by atomic mass is 79.9. The minimum Gasteiger partial charge on any atom is -0.339 e. The van der Waals surface area contributed by atoms with Gasteiger partial charge < -0.3 is 10.3 Å². The van der Waals surface area contributed by atoms with E-state index in [0.29, 0.717) is 16.7 Å². The van der Waals surface area contributed by atoms with Crippen LogP contribution < -0.4 is 5.73 Å². The molecule has 0 aliphatic carbocycles. The highest BCUT2D eigenvalue weighted by molar-refractivity contribution is 9.10. The minimum absolute atomic E-state index is 0.461. The Kier molecular flexibility index (Phi) is 4.37. The Morgan fingerprint density at radius 2 is 2.28 bits per heavy atom. The SMILES string of the molecule is CCCc1nc(C(N)c2ccc(Br)cc2Cl)no1. The molecule has 0 bridgehead atoms. The van der Waals surface area contributed by atoms with Gasteiger partial charge in [0, 0.05) is 15.9 Å². The van der Waals surface area contributed by atoms with Gasteiger partial charge in [-0.1, -0.05) is 45.7 Å². The highest BCUT2D eigenvalue weighted by Gasteiger charge is 2.18. The lowest BCUT2D eigenvalue weighted by Gasteiger charge is -2.09. The number of aromatic nitrogens is 2. The molecule has 2 N–H and O–H groups in total. The van der Waals surface area contributed by atoms with Gasteiger partial charge in [0.1, 0.15) is 0 Å². The van der Waals surface area contributed by atoms with E-state index in [0.717, 1.165) is 22.9 Å². The Morgan fingerprint density at radius 3 is 2.94 bits per heavy atom. The van der Waals surface area contributed by atoms with Crippen molar-refractivity contribution in [1.82, 2.24) is 10.1 Å². The van der Waals surface area contributed by atoms with Crippen molar-refractivity contribution in [3.63, 3.8) is 0 Å². The average molecular weight is 331 g/mol. The summed E-state index contributed by atoms with van der Waals surface area (Å²) in [5, 5.41) is 4.48. The minimum atomic E-state index is -0.472. The van der Waals surface area contributed by atoms with E-state index in [1.807, 2.05) is 12.1 Å². The van der Waals surface area contributed by atoms with Crippen LogP contribution in [0.3, 0.4) is 0 Å². The topological polar surface area (TPSA) is 64.9 Å². The summed E-state index contributed by atoms with van der Waals surface area (Å²) in [5.41, 5.74) is 6.87. The third kappa shape index (κ3) is 2.91. The van der Waals surface area contributed by atoms with Crippen LogP contribution in [0.5, 0.6) is 0 Å². The van der Waals surface area contributed by atoms with Crippen molar-refractivity contribution in [2.75, 3.05) is 0 Å². The predicted octanol–water partition coefficient (Wildman–Crippen LogP) is 3.49. The fraction of sp³-hybridized carbons (Fsp3) is 0.333. The molecular formula is C12H13BrClN3O. The maximum absolute atomic E-state index is 6.15. The largest absolute Gasteiger partial charge is 0.339 e. The van der Waals surface area contributed by atoms with Crippen molar-refractivity contribution in [2.45, 2.75) is 25.8 Å². The van der Waals surface area contributed by atoms with Crippen molar-refractivity contribution in [3.05, 3.63) is 45.0 Å². The molecule has 1 aromatic carbocycles. The number of hydrogen-bond acceptors (Lipinski definition) is 4. The first-order chi connectivity index (χ1) is 8.61. The van der Waals surface area contributed by atoms with Crippen LogP contribution in [0.25, 0.3) is 0 Å². The molecule has 0 saturated heterocycles. The molecule has 0 radical (unpaired) electrons. The lowest BCUT2D eigenvalue weighted by molar-refractivity contribution is 0.370. The van der Waals surface area contributed by atoms with Gasteiger partial charge in [-0.25, -0.2) is 0 Å². The van der Waals surface area contributed by atoms with E-state index in [1.54, 1.807) is 6.07 Å². The number of benzene rings is 1. The molecule has 1 unspecified atom stereocenters. The van der Waals surface area contributed by atoms with Crippen LogP contribution in [0.15, 0.2) is 27.2 Å². The third-order valence-corrected chi connectivity index (χ3v) is 3.34. The van der Waals surface area contributed by atoms with Gasteiger partial charge in [0.15, 0.2) is 5.82 Å². The first-order valence-electron chi connectivity index (χ1n) is 5.64. The standard InChI is InChI=1S/C12H13BrClN3O/c1-2-3-10-16-12(17-18-10)11(15)8-5-4-7(13)6-9(8)14/h4-6,11H,2-3,15H2,1H3. The fourth-order valence-electron chi connectivity index (χ4n) is 1.60. The van der Waals surface area contributed by atoms with Gasteiger partial charge in [-0.15, -0.1) is 0 Å². The van der Waals surface area contributed by atoms with Crippen LogP contribution in [-0.2, 0) is 6.42 Å². The van der Waals surface area contributed by atoms with E-state index in [2.05, 4.69) is 33.0 Å². The van der Waals surface area contributed by atoms with E-state index >= 15 is 0 Å². The molecule has 6 heteroatoms. The molecular weight excluding hydrogens is 318 g/mol. The molecule has 0 saturated carbocycles. The number of aryl methyl sites for hydroxylation is 1. The van der Waals surface area contributed by atoms with Gasteiger partial charge in [-0.2, -0.15) is 4.98 Å². The Balaban J connectivity index is 2.26. The number of rotatable bonds is 4. The van der Waals surface area contributed by atoms with E-state index in [9.17, 15) is 0 Å². The number of nitrogens with two attached hydrogens (primary N) is 1. The Morgan fingerprint density at radius 1 is 1.50 bits per heavy atom. The predicted molar refractivity (Wildman–Crippen MR) is 73.5 cm³/mol. The molecule has 1 aromatic heterocycles. The van der Waals surface area contributed by atoms with Crippen LogP contribution in [0.1, 0.15) is 36.7 Å². The quantitative estimate of drug-likeness (QED) is 0.932. The van der Waals surface area contributed by atoms with E-state index < -0.39 is 6.04 Å². The summed E-state index contributed by atoms with van der Waals surface area (Å²) in [7, 11) is 0. The molecule has 2 aromatic rings. The van der Waals surface area contributed by atoms with Crippen molar-refractivity contribution in [3.8, 4) is 0 Å². The molecule has 2 rings (SSSR count). The van der Waals surface area contributed by atoms with Crippen LogP contribution in [0, 0.1) is 0 Å². The second kappa shape index (κ2) is 5.82. The van der Waals surface area contributed by atoms with E-state index in [-0.39, 0.29) is 0 Å². The second-order valence-electron chi connectivity index (χ2n) is 3.94. The lowest BCUT2D eigenvalue weighted by Crippen LogP contribution is -2.14. The van der Waals surface area contributed by atoms with Crippen molar-refractivity contribution in [2.24, 2.45) is 5.73 Å². The molecule has 1 heterocycles. The van der Waals surface area contributed by atoms with Gasteiger partial charge >= 0.3 is 0 Å². The van der Waals surface area contributed by atoms with Crippen LogP contribution in [0.2, 0.25) is 5.02 Å². The first kappa shape index (κ1) is 13.5. The summed E-state index contributed by atoms with van der Waals surface area (Å²) < 4.78 is 6.02. The number of halogens is 2. The van der Waals surface area contributed by atoms with Crippen molar-refractivity contribution >= 4 is 27.5 Å². The Hall–Kier alpha value is -0.910. The zero-order valence-corrected chi connectivity index (χ0v) is 12.2. The summed E-state index contributed by atoms with van der Waals surface area (Å²) in [6, 6.07) is 5.06. The maximum atomic E-state index is 6.15. The van der Waals surface area contributed by atoms with Gasteiger partial charge in [0.25, 0.3) is 0 Å². The van der Waals surface area contributed by atoms with Crippen molar-refractivity contribution < 1.29 is 4.52 Å². The van der Waals surface area contributed by atoms with Crippen LogP contribution in [0.4, 0.5) is 0 Å². The summed E-state index contributed by atoms with van der Waals surface area (Å²) in [6.07, 6.45) is 1.71. The van der Waals surface area contributed by atoms with Crippen LogP contribution >= 0.6 is 27.5 Å². The zero-order valence-electron chi connectivity index (χ0n) is 9.86. The monoisotopic (exact) mass is 329 g/mol. The Bertz CT molecular complexity index is 544. The lowest BCUT2D eigenvalue weighted by atomic mass is 10.1. The smallest absolute Gasteiger partial charge is 0.226 e. The third-order valence-electron chi connectivity index (χ3n) is 2.52.